The van der Waals surface area contributed by atoms with E-state index in [9.17, 15) is 4.79 Å². The van der Waals surface area contributed by atoms with Crippen LogP contribution in [0, 0.1) is 0 Å². The molecule has 6 heteroatoms. The number of benzene rings is 2. The maximum Gasteiger partial charge on any atom is 0.298 e. The number of hydrogen-bond acceptors (Lipinski definition) is 5. The van der Waals surface area contributed by atoms with E-state index in [1.54, 1.807) is 13.2 Å². The van der Waals surface area contributed by atoms with Gasteiger partial charge in [-0.1, -0.05) is 24.3 Å². The molecule has 1 aromatic heterocycles. The van der Waals surface area contributed by atoms with Gasteiger partial charge in [-0.05, 0) is 24.3 Å². The third-order valence-corrected chi connectivity index (χ3v) is 4.46. The first-order valence-corrected chi connectivity index (χ1v) is 8.29. The van der Waals surface area contributed by atoms with Crippen LogP contribution in [-0.4, -0.2) is 49.1 Å². The molecule has 1 fully saturated rings. The van der Waals surface area contributed by atoms with E-state index in [2.05, 4.69) is 9.88 Å². The number of rotatable bonds is 3. The van der Waals surface area contributed by atoms with Crippen LogP contribution in [0.15, 0.2) is 52.9 Å². The molecule has 2 heterocycles. The first-order chi connectivity index (χ1) is 12.3. The molecule has 0 saturated carbocycles. The summed E-state index contributed by atoms with van der Waals surface area (Å²) in [6, 6.07) is 15.7. The zero-order chi connectivity index (χ0) is 17.2. The number of nitrogens with zero attached hydrogens (tertiary/aromatic N) is 3. The Bertz CT molecular complexity index is 865. The van der Waals surface area contributed by atoms with Crippen LogP contribution in [-0.2, 0) is 0 Å². The molecule has 1 amide bonds. The van der Waals surface area contributed by atoms with Crippen LogP contribution in [0.2, 0.25) is 0 Å². The van der Waals surface area contributed by atoms with Gasteiger partial charge in [-0.15, -0.1) is 0 Å². The number of piperazine rings is 1. The van der Waals surface area contributed by atoms with Gasteiger partial charge in [0.2, 0.25) is 0 Å². The Balaban J connectivity index is 1.46. The van der Waals surface area contributed by atoms with E-state index >= 15 is 0 Å². The number of fused-ring (bicyclic) bond motifs is 1. The second-order valence-electron chi connectivity index (χ2n) is 5.94. The Kier molecular flexibility index (Phi) is 4.01. The number of carbonyl (C=O) groups is 1. The number of para-hydroxylation sites is 3. The van der Waals surface area contributed by atoms with Crippen molar-refractivity contribution < 1.29 is 13.9 Å². The van der Waals surface area contributed by atoms with Gasteiger partial charge in [0, 0.05) is 26.2 Å². The summed E-state index contributed by atoms with van der Waals surface area (Å²) < 4.78 is 11.1. The summed E-state index contributed by atoms with van der Waals surface area (Å²) in [5, 5.41) is 0. The molecule has 3 aromatic rings. The fraction of sp³-hybridized carbons (Fsp3) is 0.263. The van der Waals surface area contributed by atoms with Gasteiger partial charge in [0.1, 0.15) is 11.3 Å². The number of ether oxygens (including phenoxy) is 1. The van der Waals surface area contributed by atoms with Gasteiger partial charge < -0.3 is 19.0 Å². The summed E-state index contributed by atoms with van der Waals surface area (Å²) in [4.78, 5) is 21.2. The largest absolute Gasteiger partial charge is 0.496 e. The molecule has 0 bridgehead atoms. The van der Waals surface area contributed by atoms with Crippen molar-refractivity contribution in [2.24, 2.45) is 0 Å². The van der Waals surface area contributed by atoms with E-state index in [1.165, 1.54) is 0 Å². The molecule has 0 spiro atoms. The minimum Gasteiger partial charge on any atom is -0.496 e. The van der Waals surface area contributed by atoms with Gasteiger partial charge in [0.05, 0.1) is 12.7 Å². The highest BCUT2D eigenvalue weighted by Gasteiger charge is 2.26. The van der Waals surface area contributed by atoms with E-state index in [0.29, 0.717) is 43.5 Å². The minimum atomic E-state index is -0.00494. The van der Waals surface area contributed by atoms with Crippen molar-refractivity contribution in [3.05, 3.63) is 54.1 Å². The number of carbonyl (C=O) groups excluding carboxylic acids is 1. The fourth-order valence-electron chi connectivity index (χ4n) is 3.09. The topological polar surface area (TPSA) is 58.8 Å². The van der Waals surface area contributed by atoms with Crippen LogP contribution in [0.3, 0.4) is 0 Å². The monoisotopic (exact) mass is 337 g/mol. The van der Waals surface area contributed by atoms with Crippen molar-refractivity contribution in [1.29, 1.82) is 0 Å². The standard InChI is InChI=1S/C19H19N3O3/c1-24-16-8-4-2-6-14(16)18(23)21-10-12-22(13-11-21)19-20-15-7-3-5-9-17(15)25-19/h2-9H,10-13H2,1H3. The molecular weight excluding hydrogens is 318 g/mol. The SMILES string of the molecule is COc1ccccc1C(=O)N1CCN(c2nc3ccccc3o2)CC1. The Hall–Kier alpha value is -3.02. The number of amides is 1. The van der Waals surface area contributed by atoms with Gasteiger partial charge in [0.15, 0.2) is 5.58 Å². The molecular formula is C19H19N3O3. The second kappa shape index (κ2) is 6.47. The number of hydrogen-bond donors (Lipinski definition) is 0. The number of methoxy groups -OCH3 is 1. The Labute approximate surface area is 145 Å². The maximum atomic E-state index is 12.8. The highest BCUT2D eigenvalue weighted by atomic mass is 16.5. The molecule has 1 aliphatic rings. The van der Waals surface area contributed by atoms with Crippen LogP contribution >= 0.6 is 0 Å². The van der Waals surface area contributed by atoms with Gasteiger partial charge in [-0.2, -0.15) is 4.98 Å². The molecule has 1 aliphatic heterocycles. The molecule has 0 N–H and O–H groups in total. The fourth-order valence-corrected chi connectivity index (χ4v) is 3.09. The highest BCUT2D eigenvalue weighted by molar-refractivity contribution is 5.97. The van der Waals surface area contributed by atoms with Crippen LogP contribution in [0.5, 0.6) is 5.75 Å². The van der Waals surface area contributed by atoms with Gasteiger partial charge in [-0.25, -0.2) is 0 Å². The molecule has 2 aromatic carbocycles. The molecule has 0 atom stereocenters. The van der Waals surface area contributed by atoms with E-state index < -0.39 is 0 Å². The average Bonchev–Trinajstić information content (AvgIpc) is 3.12. The summed E-state index contributed by atoms with van der Waals surface area (Å²) in [6.07, 6.45) is 0. The minimum absolute atomic E-state index is 0.00494. The Morgan fingerprint density at radius 1 is 1.04 bits per heavy atom. The zero-order valence-corrected chi connectivity index (χ0v) is 14.0. The molecule has 1 saturated heterocycles. The molecule has 0 unspecified atom stereocenters. The van der Waals surface area contributed by atoms with Crippen LogP contribution in [0.1, 0.15) is 10.4 Å². The predicted octanol–water partition coefficient (Wildman–Crippen LogP) is 2.80. The number of aromatic nitrogens is 1. The van der Waals surface area contributed by atoms with Crippen molar-refractivity contribution in [3.8, 4) is 5.75 Å². The molecule has 0 radical (unpaired) electrons. The summed E-state index contributed by atoms with van der Waals surface area (Å²) in [6.45, 7) is 2.62. The maximum absolute atomic E-state index is 12.8. The van der Waals surface area contributed by atoms with Gasteiger partial charge >= 0.3 is 0 Å². The van der Waals surface area contributed by atoms with E-state index in [-0.39, 0.29) is 5.91 Å². The van der Waals surface area contributed by atoms with Crippen molar-refractivity contribution in [1.82, 2.24) is 9.88 Å². The molecule has 0 aliphatic carbocycles. The van der Waals surface area contributed by atoms with Gasteiger partial charge in [-0.3, -0.25) is 4.79 Å². The van der Waals surface area contributed by atoms with E-state index in [4.69, 9.17) is 9.15 Å². The first kappa shape index (κ1) is 15.5. The molecule has 6 nitrogen and oxygen atoms in total. The molecule has 4 rings (SSSR count). The lowest BCUT2D eigenvalue weighted by Crippen LogP contribution is -2.49. The lowest BCUT2D eigenvalue weighted by atomic mass is 10.1. The lowest BCUT2D eigenvalue weighted by molar-refractivity contribution is 0.0741. The first-order valence-electron chi connectivity index (χ1n) is 8.29. The Morgan fingerprint density at radius 3 is 2.52 bits per heavy atom. The van der Waals surface area contributed by atoms with Crippen molar-refractivity contribution in [3.63, 3.8) is 0 Å². The van der Waals surface area contributed by atoms with E-state index in [1.807, 2.05) is 47.4 Å². The summed E-state index contributed by atoms with van der Waals surface area (Å²) in [5.41, 5.74) is 2.23. The highest BCUT2D eigenvalue weighted by Crippen LogP contribution is 2.24. The second-order valence-corrected chi connectivity index (χ2v) is 5.94. The third kappa shape index (κ3) is 2.91. The lowest BCUT2D eigenvalue weighted by Gasteiger charge is -2.34. The van der Waals surface area contributed by atoms with Crippen molar-refractivity contribution >= 4 is 23.0 Å². The van der Waals surface area contributed by atoms with Gasteiger partial charge in [0.25, 0.3) is 11.9 Å². The zero-order valence-electron chi connectivity index (χ0n) is 14.0. The summed E-state index contributed by atoms with van der Waals surface area (Å²) >= 11 is 0. The van der Waals surface area contributed by atoms with Crippen LogP contribution in [0.4, 0.5) is 6.01 Å². The number of anilines is 1. The normalized spacial score (nSPS) is 14.8. The van der Waals surface area contributed by atoms with E-state index in [0.717, 1.165) is 11.1 Å². The average molecular weight is 337 g/mol. The predicted molar refractivity (Wildman–Crippen MR) is 95.1 cm³/mol. The van der Waals surface area contributed by atoms with Crippen LogP contribution < -0.4 is 9.64 Å². The summed E-state index contributed by atoms with van der Waals surface area (Å²) in [5.74, 6) is 0.601. The Morgan fingerprint density at radius 2 is 1.76 bits per heavy atom. The van der Waals surface area contributed by atoms with Crippen molar-refractivity contribution in [2.45, 2.75) is 0 Å². The third-order valence-electron chi connectivity index (χ3n) is 4.46. The number of oxazole rings is 1. The smallest absolute Gasteiger partial charge is 0.298 e. The summed E-state index contributed by atoms with van der Waals surface area (Å²) in [7, 11) is 1.58. The molecule has 25 heavy (non-hydrogen) atoms. The quantitative estimate of drug-likeness (QED) is 0.735. The molecule has 128 valence electrons. The van der Waals surface area contributed by atoms with Crippen LogP contribution in [0.25, 0.3) is 11.1 Å². The van der Waals surface area contributed by atoms with Crippen molar-refractivity contribution in [2.75, 3.05) is 38.2 Å².